The molecule has 1 aromatic heterocycles. The molecule has 1 aliphatic rings. The van der Waals surface area contributed by atoms with Crippen LogP contribution in [-0.4, -0.2) is 37.2 Å². The Hall–Kier alpha value is -3.38. The van der Waals surface area contributed by atoms with Crippen molar-refractivity contribution in [3.63, 3.8) is 0 Å². The Morgan fingerprint density at radius 2 is 1.83 bits per heavy atom. The molecule has 3 aromatic carbocycles. The van der Waals surface area contributed by atoms with E-state index in [0.29, 0.717) is 29.9 Å². The number of nitrogens with zero attached hydrogens (tertiary/aromatic N) is 1. The molecule has 1 amide bonds. The molecule has 2 heterocycles. The van der Waals surface area contributed by atoms with Gasteiger partial charge in [-0.15, -0.1) is 0 Å². The Bertz CT molecular complexity index is 1240. The number of fused-ring (bicyclic) bond motifs is 3. The monoisotopic (exact) mass is 389 g/mol. The van der Waals surface area contributed by atoms with Crippen LogP contribution in [0.5, 0.6) is 0 Å². The molecule has 5 rings (SSSR count). The average molecular weight is 389 g/mol. The van der Waals surface area contributed by atoms with Gasteiger partial charge in [-0.2, -0.15) is 0 Å². The number of rotatable bonds is 3. The van der Waals surface area contributed by atoms with Gasteiger partial charge in [0.1, 0.15) is 5.82 Å². The molecule has 0 unspecified atom stereocenters. The highest BCUT2D eigenvalue weighted by Crippen LogP contribution is 2.38. The largest absolute Gasteiger partial charge is 0.378 e. The van der Waals surface area contributed by atoms with Crippen molar-refractivity contribution in [3.8, 4) is 11.1 Å². The summed E-state index contributed by atoms with van der Waals surface area (Å²) in [5.41, 5.74) is 9.83. The van der Waals surface area contributed by atoms with E-state index in [0.717, 1.165) is 40.6 Å². The number of hydrogen-bond donors (Lipinski definition) is 2. The van der Waals surface area contributed by atoms with E-state index in [1.54, 1.807) is 30.3 Å². The highest BCUT2D eigenvalue weighted by atomic mass is 19.1. The molecular weight excluding hydrogens is 369 g/mol. The maximum atomic E-state index is 14.6. The zero-order chi connectivity index (χ0) is 20.0. The molecule has 0 spiro atoms. The number of ether oxygens (including phenoxy) is 1. The molecule has 5 nitrogen and oxygen atoms in total. The van der Waals surface area contributed by atoms with Gasteiger partial charge < -0.3 is 20.4 Å². The lowest BCUT2D eigenvalue weighted by atomic mass is 9.96. The second kappa shape index (κ2) is 6.90. The van der Waals surface area contributed by atoms with Gasteiger partial charge in [-0.3, -0.25) is 4.79 Å². The van der Waals surface area contributed by atoms with Gasteiger partial charge in [0.05, 0.1) is 24.3 Å². The lowest BCUT2D eigenvalue weighted by Crippen LogP contribution is -2.36. The summed E-state index contributed by atoms with van der Waals surface area (Å²) in [6.45, 7) is 3.07. The average Bonchev–Trinajstić information content (AvgIpc) is 3.13. The van der Waals surface area contributed by atoms with Crippen LogP contribution < -0.4 is 10.6 Å². The fourth-order valence-corrected chi connectivity index (χ4v) is 4.13. The SMILES string of the molecule is NC(=O)c1ccc(-c2ccccc2F)c2c1[nH]c1cc(N3CCOCC3)ccc12. The minimum absolute atomic E-state index is 0.306. The van der Waals surface area contributed by atoms with Crippen LogP contribution in [0.25, 0.3) is 32.9 Å². The normalized spacial score (nSPS) is 14.6. The number of nitrogens with two attached hydrogens (primary N) is 1. The molecule has 0 bridgehead atoms. The lowest BCUT2D eigenvalue weighted by molar-refractivity contribution is 0.100. The molecule has 6 heteroatoms. The van der Waals surface area contributed by atoms with E-state index in [2.05, 4.69) is 22.0 Å². The second-order valence-corrected chi connectivity index (χ2v) is 7.21. The minimum atomic E-state index is -0.518. The summed E-state index contributed by atoms with van der Waals surface area (Å²) in [4.78, 5) is 17.6. The molecule has 1 saturated heterocycles. The first-order chi connectivity index (χ1) is 14.1. The molecule has 1 fully saturated rings. The van der Waals surface area contributed by atoms with Crippen molar-refractivity contribution in [1.29, 1.82) is 0 Å². The number of amides is 1. The van der Waals surface area contributed by atoms with Gasteiger partial charge in [0.25, 0.3) is 5.91 Å². The van der Waals surface area contributed by atoms with Crippen molar-refractivity contribution in [2.45, 2.75) is 0 Å². The zero-order valence-electron chi connectivity index (χ0n) is 15.7. The number of anilines is 1. The number of primary amides is 1. The third kappa shape index (κ3) is 2.93. The van der Waals surface area contributed by atoms with Crippen LogP contribution in [0.3, 0.4) is 0 Å². The second-order valence-electron chi connectivity index (χ2n) is 7.21. The van der Waals surface area contributed by atoms with Gasteiger partial charge in [-0.05, 0) is 29.8 Å². The van der Waals surface area contributed by atoms with Gasteiger partial charge in [-0.25, -0.2) is 4.39 Å². The Labute approximate surface area is 166 Å². The maximum absolute atomic E-state index is 14.6. The molecule has 3 N–H and O–H groups in total. The Morgan fingerprint density at radius 1 is 1.03 bits per heavy atom. The number of carbonyl (C=O) groups excluding carboxylic acids is 1. The quantitative estimate of drug-likeness (QED) is 0.555. The molecular formula is C23H20FN3O2. The first kappa shape index (κ1) is 17.7. The predicted molar refractivity (Wildman–Crippen MR) is 113 cm³/mol. The van der Waals surface area contributed by atoms with E-state index in [1.165, 1.54) is 6.07 Å². The number of H-pyrrole nitrogens is 1. The highest BCUT2D eigenvalue weighted by Gasteiger charge is 2.19. The molecule has 29 heavy (non-hydrogen) atoms. The Balaban J connectivity index is 1.78. The van der Waals surface area contributed by atoms with E-state index in [-0.39, 0.29) is 5.82 Å². The highest BCUT2D eigenvalue weighted by molar-refractivity contribution is 6.20. The molecule has 0 saturated carbocycles. The predicted octanol–water partition coefficient (Wildman–Crippen LogP) is 4.06. The number of aromatic nitrogens is 1. The van der Waals surface area contributed by atoms with Gasteiger partial charge in [0, 0.05) is 40.6 Å². The number of aromatic amines is 1. The standard InChI is InChI=1S/C23H20FN3O2/c24-19-4-2-1-3-15(19)16-7-8-18(23(25)28)22-21(16)17-6-5-14(13-20(17)26-22)27-9-11-29-12-10-27/h1-8,13,26H,9-12H2,(H2,25,28). The summed E-state index contributed by atoms with van der Waals surface area (Å²) >= 11 is 0. The summed E-state index contributed by atoms with van der Waals surface area (Å²) in [5, 5.41) is 1.73. The fourth-order valence-electron chi connectivity index (χ4n) is 4.13. The van der Waals surface area contributed by atoms with E-state index in [4.69, 9.17) is 10.5 Å². The number of halogens is 1. The van der Waals surface area contributed by atoms with E-state index in [1.807, 2.05) is 6.07 Å². The fraction of sp³-hybridized carbons (Fsp3) is 0.174. The summed E-state index contributed by atoms with van der Waals surface area (Å²) in [6, 6.07) is 16.2. The molecule has 0 aliphatic carbocycles. The van der Waals surface area contributed by atoms with Crippen molar-refractivity contribution >= 4 is 33.4 Å². The van der Waals surface area contributed by atoms with Crippen LogP contribution in [0, 0.1) is 5.82 Å². The maximum Gasteiger partial charge on any atom is 0.250 e. The van der Waals surface area contributed by atoms with Crippen LogP contribution >= 0.6 is 0 Å². The summed E-state index contributed by atoms with van der Waals surface area (Å²) in [6.07, 6.45) is 0. The van der Waals surface area contributed by atoms with Crippen LogP contribution in [0.1, 0.15) is 10.4 Å². The van der Waals surface area contributed by atoms with Gasteiger partial charge in [-0.1, -0.05) is 30.3 Å². The first-order valence-electron chi connectivity index (χ1n) is 9.59. The van der Waals surface area contributed by atoms with Crippen molar-refractivity contribution in [2.75, 3.05) is 31.2 Å². The number of nitrogens with one attached hydrogen (secondary N) is 1. The third-order valence-electron chi connectivity index (χ3n) is 5.54. The van der Waals surface area contributed by atoms with Crippen molar-refractivity contribution < 1.29 is 13.9 Å². The Kier molecular flexibility index (Phi) is 4.21. The van der Waals surface area contributed by atoms with Crippen LogP contribution in [0.2, 0.25) is 0 Å². The summed E-state index contributed by atoms with van der Waals surface area (Å²) in [5.74, 6) is -0.824. The number of benzene rings is 3. The van der Waals surface area contributed by atoms with Crippen LogP contribution in [0.15, 0.2) is 54.6 Å². The van der Waals surface area contributed by atoms with E-state index >= 15 is 0 Å². The Morgan fingerprint density at radius 3 is 2.59 bits per heavy atom. The number of carbonyl (C=O) groups is 1. The summed E-state index contributed by atoms with van der Waals surface area (Å²) < 4.78 is 20.0. The van der Waals surface area contributed by atoms with Gasteiger partial charge in [0.2, 0.25) is 0 Å². The first-order valence-corrected chi connectivity index (χ1v) is 9.59. The van der Waals surface area contributed by atoms with Crippen molar-refractivity contribution in [2.24, 2.45) is 5.73 Å². The third-order valence-corrected chi connectivity index (χ3v) is 5.54. The van der Waals surface area contributed by atoms with Crippen LogP contribution in [0.4, 0.5) is 10.1 Å². The van der Waals surface area contributed by atoms with Crippen molar-refractivity contribution in [1.82, 2.24) is 4.98 Å². The van der Waals surface area contributed by atoms with E-state index in [9.17, 15) is 9.18 Å². The topological polar surface area (TPSA) is 71.4 Å². The zero-order valence-corrected chi connectivity index (χ0v) is 15.7. The van der Waals surface area contributed by atoms with Gasteiger partial charge >= 0.3 is 0 Å². The molecule has 0 atom stereocenters. The smallest absolute Gasteiger partial charge is 0.250 e. The minimum Gasteiger partial charge on any atom is -0.378 e. The molecule has 0 radical (unpaired) electrons. The summed E-state index contributed by atoms with van der Waals surface area (Å²) in [7, 11) is 0. The molecule has 1 aliphatic heterocycles. The molecule has 146 valence electrons. The van der Waals surface area contributed by atoms with E-state index < -0.39 is 5.91 Å². The van der Waals surface area contributed by atoms with Crippen LogP contribution in [-0.2, 0) is 4.74 Å². The van der Waals surface area contributed by atoms with Crippen molar-refractivity contribution in [3.05, 3.63) is 66.0 Å². The molecule has 4 aromatic rings. The number of hydrogen-bond acceptors (Lipinski definition) is 3. The van der Waals surface area contributed by atoms with Gasteiger partial charge in [0.15, 0.2) is 0 Å². The number of morpholine rings is 1. The lowest BCUT2D eigenvalue weighted by Gasteiger charge is -2.28.